The van der Waals surface area contributed by atoms with Gasteiger partial charge in [0.25, 0.3) is 0 Å². The second-order valence-electron chi connectivity index (χ2n) is 7.55. The highest BCUT2D eigenvalue weighted by Gasteiger charge is 2.14. The van der Waals surface area contributed by atoms with Crippen LogP contribution in [-0.2, 0) is 6.42 Å². The Bertz CT molecular complexity index is 595. The Morgan fingerprint density at radius 2 is 1.31 bits per heavy atom. The van der Waals surface area contributed by atoms with Gasteiger partial charge in [-0.3, -0.25) is 0 Å². The van der Waals surface area contributed by atoms with Crippen molar-refractivity contribution in [2.24, 2.45) is 0 Å². The van der Waals surface area contributed by atoms with E-state index >= 15 is 0 Å². The van der Waals surface area contributed by atoms with E-state index in [1.54, 1.807) is 0 Å². The molecule has 3 rings (SSSR count). The van der Waals surface area contributed by atoms with Gasteiger partial charge in [-0.15, -0.1) is 0 Å². The molecule has 2 heteroatoms. The van der Waals surface area contributed by atoms with Gasteiger partial charge in [-0.05, 0) is 67.0 Å². The maximum absolute atomic E-state index is 5.66. The van der Waals surface area contributed by atoms with Gasteiger partial charge in [0.2, 0.25) is 0 Å². The number of benzene rings is 2. The number of rotatable bonds is 6. The molecule has 1 saturated carbocycles. The van der Waals surface area contributed by atoms with Crippen molar-refractivity contribution in [1.82, 2.24) is 0 Å². The molecule has 2 aromatic carbocycles. The molecule has 4 N–H and O–H groups in total. The van der Waals surface area contributed by atoms with E-state index in [-0.39, 0.29) is 0 Å². The van der Waals surface area contributed by atoms with E-state index in [0.29, 0.717) is 0 Å². The highest BCUT2D eigenvalue weighted by atomic mass is 14.5. The van der Waals surface area contributed by atoms with E-state index in [1.807, 2.05) is 24.3 Å². The summed E-state index contributed by atoms with van der Waals surface area (Å²) in [6.07, 6.45) is 13.5. The Kier molecular flexibility index (Phi) is 9.09. The molecule has 142 valence electrons. The molecule has 2 aromatic rings. The molecule has 0 spiro atoms. The lowest BCUT2D eigenvalue weighted by molar-refractivity contribution is 0.443. The van der Waals surface area contributed by atoms with Crippen molar-refractivity contribution < 1.29 is 0 Å². The van der Waals surface area contributed by atoms with Crippen LogP contribution in [0.25, 0.3) is 0 Å². The fraction of sp³-hybridized carbons (Fsp3) is 0.500. The van der Waals surface area contributed by atoms with Crippen molar-refractivity contribution in [1.29, 1.82) is 0 Å². The van der Waals surface area contributed by atoms with Crippen LogP contribution in [-0.4, -0.2) is 0 Å². The molecule has 1 fully saturated rings. The monoisotopic (exact) mass is 352 g/mol. The molecular formula is C24H36N2. The van der Waals surface area contributed by atoms with Gasteiger partial charge < -0.3 is 11.5 Å². The first-order valence-electron chi connectivity index (χ1n) is 10.4. The lowest BCUT2D eigenvalue weighted by Gasteiger charge is -2.21. The fourth-order valence-corrected chi connectivity index (χ4v) is 3.64. The zero-order chi connectivity index (χ0) is 18.6. The zero-order valence-electron chi connectivity index (χ0n) is 16.4. The third-order valence-corrected chi connectivity index (χ3v) is 5.31. The lowest BCUT2D eigenvalue weighted by Crippen LogP contribution is -2.04. The van der Waals surface area contributed by atoms with Crippen LogP contribution in [0.15, 0.2) is 48.5 Å². The molecule has 2 nitrogen and oxygen atoms in total. The highest BCUT2D eigenvalue weighted by Crippen LogP contribution is 2.32. The number of unbranched alkanes of at least 4 members (excludes halogenated alkanes) is 3. The number of hydrogen-bond donors (Lipinski definition) is 2. The summed E-state index contributed by atoms with van der Waals surface area (Å²) in [4.78, 5) is 0. The van der Waals surface area contributed by atoms with Crippen LogP contribution >= 0.6 is 0 Å². The highest BCUT2D eigenvalue weighted by molar-refractivity contribution is 5.40. The van der Waals surface area contributed by atoms with Crippen LogP contribution in [0.5, 0.6) is 0 Å². The van der Waals surface area contributed by atoms with Crippen LogP contribution in [0.4, 0.5) is 11.4 Å². The van der Waals surface area contributed by atoms with Crippen LogP contribution in [0.1, 0.15) is 81.8 Å². The van der Waals surface area contributed by atoms with E-state index in [1.165, 1.54) is 75.3 Å². The number of aryl methyl sites for hydroxylation is 1. The Hall–Kier alpha value is -1.96. The second-order valence-corrected chi connectivity index (χ2v) is 7.55. The minimum atomic E-state index is 0.800. The molecule has 26 heavy (non-hydrogen) atoms. The molecule has 0 heterocycles. The Balaban J connectivity index is 0.000000187. The van der Waals surface area contributed by atoms with E-state index in [4.69, 9.17) is 11.5 Å². The van der Waals surface area contributed by atoms with E-state index < -0.39 is 0 Å². The van der Waals surface area contributed by atoms with Crippen molar-refractivity contribution in [2.75, 3.05) is 11.5 Å². The second kappa shape index (κ2) is 11.6. The first-order chi connectivity index (χ1) is 12.7. The van der Waals surface area contributed by atoms with Gasteiger partial charge in [-0.2, -0.15) is 0 Å². The van der Waals surface area contributed by atoms with Crippen molar-refractivity contribution in [3.8, 4) is 0 Å². The van der Waals surface area contributed by atoms with Crippen LogP contribution in [0.3, 0.4) is 0 Å². The summed E-state index contributed by atoms with van der Waals surface area (Å²) in [7, 11) is 0. The molecule has 1 aliphatic carbocycles. The van der Waals surface area contributed by atoms with Gasteiger partial charge in [0.05, 0.1) is 0 Å². The Labute approximate surface area is 160 Å². The SMILES string of the molecule is CCCCCCc1ccc(N)cc1.Nc1ccc(C2CCCCC2)cc1. The first kappa shape index (κ1) is 20.4. The Morgan fingerprint density at radius 3 is 1.88 bits per heavy atom. The van der Waals surface area contributed by atoms with Crippen LogP contribution < -0.4 is 11.5 Å². The van der Waals surface area contributed by atoms with Crippen molar-refractivity contribution in [3.63, 3.8) is 0 Å². The summed E-state index contributed by atoms with van der Waals surface area (Å²) in [6.45, 7) is 2.24. The molecule has 0 radical (unpaired) electrons. The quantitative estimate of drug-likeness (QED) is 0.448. The molecule has 0 atom stereocenters. The number of anilines is 2. The fourth-order valence-electron chi connectivity index (χ4n) is 3.64. The standard InChI is InChI=1S/C12H17N.C12H19N/c13-12-8-6-11(7-9-12)10-4-2-1-3-5-10;1-2-3-4-5-6-11-7-9-12(13)10-8-11/h6-10H,1-5,13H2;7-10H,2-6,13H2,1H3. The van der Waals surface area contributed by atoms with Gasteiger partial charge in [0, 0.05) is 11.4 Å². The van der Waals surface area contributed by atoms with Gasteiger partial charge >= 0.3 is 0 Å². The minimum absolute atomic E-state index is 0.800. The summed E-state index contributed by atoms with van der Waals surface area (Å²) in [5, 5.41) is 0. The summed E-state index contributed by atoms with van der Waals surface area (Å²) in [5.41, 5.74) is 15.9. The third kappa shape index (κ3) is 7.51. The van der Waals surface area contributed by atoms with Gasteiger partial charge in [0.1, 0.15) is 0 Å². The lowest BCUT2D eigenvalue weighted by atomic mass is 9.84. The van der Waals surface area contributed by atoms with Crippen molar-refractivity contribution >= 4 is 11.4 Å². The average molecular weight is 353 g/mol. The summed E-state index contributed by atoms with van der Waals surface area (Å²) >= 11 is 0. The predicted molar refractivity (Wildman–Crippen MR) is 115 cm³/mol. The van der Waals surface area contributed by atoms with E-state index in [2.05, 4.69) is 31.2 Å². The van der Waals surface area contributed by atoms with Gasteiger partial charge in [-0.25, -0.2) is 0 Å². The maximum Gasteiger partial charge on any atom is 0.0314 e. The topological polar surface area (TPSA) is 52.0 Å². The first-order valence-corrected chi connectivity index (χ1v) is 10.4. The normalized spacial score (nSPS) is 14.5. The molecule has 0 aliphatic heterocycles. The minimum Gasteiger partial charge on any atom is -0.399 e. The number of nitrogens with two attached hydrogens (primary N) is 2. The molecule has 0 aromatic heterocycles. The molecule has 0 saturated heterocycles. The van der Waals surface area contributed by atoms with Crippen molar-refractivity contribution in [3.05, 3.63) is 59.7 Å². The summed E-state index contributed by atoms with van der Waals surface area (Å²) in [5.74, 6) is 0.800. The summed E-state index contributed by atoms with van der Waals surface area (Å²) in [6, 6.07) is 16.6. The molecule has 0 amide bonds. The van der Waals surface area contributed by atoms with Gasteiger partial charge in [-0.1, -0.05) is 69.7 Å². The average Bonchev–Trinajstić information content (AvgIpc) is 2.68. The van der Waals surface area contributed by atoms with Crippen LogP contribution in [0.2, 0.25) is 0 Å². The Morgan fingerprint density at radius 1 is 0.731 bits per heavy atom. The smallest absolute Gasteiger partial charge is 0.0314 e. The molecule has 0 unspecified atom stereocenters. The molecular weight excluding hydrogens is 316 g/mol. The predicted octanol–water partition coefficient (Wildman–Crippen LogP) is 6.71. The van der Waals surface area contributed by atoms with E-state index in [0.717, 1.165) is 17.3 Å². The molecule has 1 aliphatic rings. The third-order valence-electron chi connectivity index (χ3n) is 5.31. The number of hydrogen-bond acceptors (Lipinski definition) is 2. The number of nitrogen functional groups attached to an aromatic ring is 2. The van der Waals surface area contributed by atoms with Crippen LogP contribution in [0, 0.1) is 0 Å². The summed E-state index contributed by atoms with van der Waals surface area (Å²) < 4.78 is 0. The largest absolute Gasteiger partial charge is 0.399 e. The van der Waals surface area contributed by atoms with Gasteiger partial charge in [0.15, 0.2) is 0 Å². The molecule has 0 bridgehead atoms. The van der Waals surface area contributed by atoms with E-state index in [9.17, 15) is 0 Å². The maximum atomic E-state index is 5.66. The zero-order valence-corrected chi connectivity index (χ0v) is 16.4. The van der Waals surface area contributed by atoms with Crippen molar-refractivity contribution in [2.45, 2.75) is 77.0 Å².